The van der Waals surface area contributed by atoms with Crippen LogP contribution in [0.2, 0.25) is 0 Å². The van der Waals surface area contributed by atoms with Gasteiger partial charge in [0.05, 0.1) is 53.4 Å². The Morgan fingerprint density at radius 3 is 2.05 bits per heavy atom. The van der Waals surface area contributed by atoms with Gasteiger partial charge in [0, 0.05) is 44.4 Å². The Bertz CT molecular complexity index is 1360. The molecule has 0 spiro atoms. The zero-order valence-corrected chi connectivity index (χ0v) is 38.5. The number of aliphatic hydroxyl groups excluding tert-OH is 3. The molecular formula is C44H80N2O13. The van der Waals surface area contributed by atoms with Crippen molar-refractivity contribution >= 4 is 11.7 Å². The molecule has 3 saturated heterocycles. The zero-order valence-electron chi connectivity index (χ0n) is 38.5. The van der Waals surface area contributed by atoms with Crippen molar-refractivity contribution in [2.75, 3.05) is 28.3 Å². The van der Waals surface area contributed by atoms with Crippen LogP contribution < -0.4 is 0 Å². The molecule has 4 N–H and O–H groups in total. The number of carbonyl (C=O) groups is 1. The molecule has 18 atom stereocenters. The molecule has 4 rings (SSSR count). The molecule has 3 aliphatic heterocycles. The van der Waals surface area contributed by atoms with Crippen molar-refractivity contribution in [3.05, 3.63) is 0 Å². The van der Waals surface area contributed by atoms with Gasteiger partial charge in [0.2, 0.25) is 0 Å². The van der Waals surface area contributed by atoms with E-state index < -0.39 is 102 Å². The second-order valence-electron chi connectivity index (χ2n) is 19.1. The number of carbonyl (C=O) groups excluding carboxylic acids is 1. The summed E-state index contributed by atoms with van der Waals surface area (Å²) < 4.78 is 44.9. The third-order valence-corrected chi connectivity index (χ3v) is 14.2. The SMILES string of the molecule is CC[C@H]1OC(=O)[C@H](C)[C@@H](OC2CC(C)(OC)C(O)C(C)O2)[C@H](C)[C@@H](OC2OC(C)CC(N(C)C)C2O)[C@](C)(OC)C[C@@H](C)/C(=N/OC2CCCCC2)[C@H](C)[C@@H](O)[C@]1(C)O. The van der Waals surface area contributed by atoms with Gasteiger partial charge in [-0.25, -0.2) is 0 Å². The number of hydrogen-bond acceptors (Lipinski definition) is 15. The first kappa shape index (κ1) is 50.1. The number of rotatable bonds is 10. The number of cyclic esters (lactones) is 1. The van der Waals surface area contributed by atoms with Crippen molar-refractivity contribution in [1.29, 1.82) is 0 Å². The topological polar surface area (TPSA) is 187 Å². The highest BCUT2D eigenvalue weighted by molar-refractivity contribution is 5.88. The summed E-state index contributed by atoms with van der Waals surface area (Å²) in [6.07, 6.45) is -3.16. The summed E-state index contributed by atoms with van der Waals surface area (Å²) in [6, 6.07) is -0.265. The number of likely N-dealkylation sites (N-methyl/N-ethyl adjacent to an activating group) is 1. The van der Waals surface area contributed by atoms with Gasteiger partial charge < -0.3 is 63.3 Å². The smallest absolute Gasteiger partial charge is 0.311 e. The fourth-order valence-corrected chi connectivity index (χ4v) is 10.1. The van der Waals surface area contributed by atoms with Gasteiger partial charge in [-0.05, 0) is 101 Å². The molecule has 344 valence electrons. The number of esters is 1. The molecular weight excluding hydrogens is 764 g/mol. The summed E-state index contributed by atoms with van der Waals surface area (Å²) in [7, 11) is 6.94. The molecule has 59 heavy (non-hydrogen) atoms. The lowest BCUT2D eigenvalue weighted by atomic mass is 9.73. The highest BCUT2D eigenvalue weighted by atomic mass is 16.7. The number of nitrogens with zero attached hydrogens (tertiary/aromatic N) is 2. The number of oxime groups is 1. The predicted molar refractivity (Wildman–Crippen MR) is 221 cm³/mol. The maximum Gasteiger partial charge on any atom is 0.311 e. The fraction of sp³-hybridized carbons (Fsp3) is 0.955. The monoisotopic (exact) mass is 845 g/mol. The van der Waals surface area contributed by atoms with Crippen molar-refractivity contribution in [3.63, 3.8) is 0 Å². The average molecular weight is 845 g/mol. The maximum atomic E-state index is 14.5. The molecule has 0 aromatic rings. The molecule has 15 nitrogen and oxygen atoms in total. The molecule has 0 amide bonds. The van der Waals surface area contributed by atoms with Crippen LogP contribution in [0, 0.1) is 23.7 Å². The van der Waals surface area contributed by atoms with Crippen molar-refractivity contribution in [2.24, 2.45) is 28.8 Å². The van der Waals surface area contributed by atoms with E-state index in [9.17, 15) is 25.2 Å². The summed E-state index contributed by atoms with van der Waals surface area (Å²) in [5.74, 6) is -3.46. The van der Waals surface area contributed by atoms with Crippen LogP contribution in [0.4, 0.5) is 0 Å². The molecule has 4 fully saturated rings. The lowest BCUT2D eigenvalue weighted by Crippen LogP contribution is -2.61. The van der Waals surface area contributed by atoms with E-state index in [-0.39, 0.29) is 37.5 Å². The van der Waals surface area contributed by atoms with Crippen LogP contribution in [0.1, 0.15) is 127 Å². The van der Waals surface area contributed by atoms with E-state index in [1.807, 2.05) is 46.7 Å². The fourth-order valence-electron chi connectivity index (χ4n) is 10.1. The first-order chi connectivity index (χ1) is 27.5. The van der Waals surface area contributed by atoms with Crippen LogP contribution in [-0.4, -0.2) is 156 Å². The number of methoxy groups -OCH3 is 2. The van der Waals surface area contributed by atoms with Gasteiger partial charge >= 0.3 is 5.97 Å². The lowest BCUT2D eigenvalue weighted by Gasteiger charge is -2.50. The summed E-state index contributed by atoms with van der Waals surface area (Å²) in [6.45, 7) is 18.1. The molecule has 0 radical (unpaired) electrons. The lowest BCUT2D eigenvalue weighted by molar-refractivity contribution is -0.319. The predicted octanol–water partition coefficient (Wildman–Crippen LogP) is 4.58. The van der Waals surface area contributed by atoms with Crippen molar-refractivity contribution in [2.45, 2.75) is 217 Å². The van der Waals surface area contributed by atoms with Gasteiger partial charge in [-0.1, -0.05) is 39.3 Å². The maximum absolute atomic E-state index is 14.5. The number of hydrogen-bond donors (Lipinski definition) is 4. The largest absolute Gasteiger partial charge is 0.459 e. The van der Waals surface area contributed by atoms with Crippen LogP contribution in [0.25, 0.3) is 0 Å². The molecule has 8 unspecified atom stereocenters. The Morgan fingerprint density at radius 2 is 1.47 bits per heavy atom. The Hall–Kier alpha value is -1.50. The Balaban J connectivity index is 1.90. The van der Waals surface area contributed by atoms with Crippen LogP contribution in [-0.2, 0) is 42.8 Å². The highest BCUT2D eigenvalue weighted by Gasteiger charge is 2.54. The minimum Gasteiger partial charge on any atom is -0.459 e. The van der Waals surface area contributed by atoms with E-state index >= 15 is 0 Å². The van der Waals surface area contributed by atoms with Gasteiger partial charge in [0.15, 0.2) is 12.6 Å². The minimum atomic E-state index is -1.89. The minimum absolute atomic E-state index is 0.0718. The van der Waals surface area contributed by atoms with E-state index in [4.69, 9.17) is 43.2 Å². The zero-order chi connectivity index (χ0) is 44.2. The van der Waals surface area contributed by atoms with Gasteiger partial charge in [-0.2, -0.15) is 0 Å². The van der Waals surface area contributed by atoms with Crippen molar-refractivity contribution in [3.8, 4) is 0 Å². The van der Waals surface area contributed by atoms with Crippen LogP contribution in [0.15, 0.2) is 5.16 Å². The van der Waals surface area contributed by atoms with Crippen LogP contribution in [0.3, 0.4) is 0 Å². The molecule has 1 aliphatic carbocycles. The van der Waals surface area contributed by atoms with Gasteiger partial charge in [-0.3, -0.25) is 4.79 Å². The molecule has 3 heterocycles. The van der Waals surface area contributed by atoms with Crippen molar-refractivity contribution < 1.29 is 63.2 Å². The summed E-state index contributed by atoms with van der Waals surface area (Å²) in [5, 5.41) is 51.8. The Kier molecular flexibility index (Phi) is 17.7. The van der Waals surface area contributed by atoms with E-state index in [1.54, 1.807) is 41.7 Å². The summed E-state index contributed by atoms with van der Waals surface area (Å²) >= 11 is 0. The molecule has 0 bridgehead atoms. The summed E-state index contributed by atoms with van der Waals surface area (Å²) in [5.41, 5.74) is -3.55. The first-order valence-electron chi connectivity index (χ1n) is 22.1. The molecule has 4 aliphatic rings. The average Bonchev–Trinajstić information content (AvgIpc) is 3.19. The second-order valence-corrected chi connectivity index (χ2v) is 19.1. The van der Waals surface area contributed by atoms with Gasteiger partial charge in [0.25, 0.3) is 0 Å². The van der Waals surface area contributed by atoms with Gasteiger partial charge in [-0.15, -0.1) is 0 Å². The van der Waals surface area contributed by atoms with E-state index in [0.29, 0.717) is 12.1 Å². The van der Waals surface area contributed by atoms with Crippen LogP contribution >= 0.6 is 0 Å². The molecule has 0 aromatic heterocycles. The van der Waals surface area contributed by atoms with Gasteiger partial charge in [0.1, 0.15) is 30.0 Å². The molecule has 1 saturated carbocycles. The van der Waals surface area contributed by atoms with E-state index in [0.717, 1.165) is 32.1 Å². The third-order valence-electron chi connectivity index (χ3n) is 14.2. The number of aliphatic hydroxyl groups is 4. The number of ether oxygens (including phenoxy) is 7. The van der Waals surface area contributed by atoms with E-state index in [1.165, 1.54) is 14.0 Å². The quantitative estimate of drug-likeness (QED) is 0.177. The first-order valence-corrected chi connectivity index (χ1v) is 22.1. The standard InChI is InChI=1S/C44H80N2O13/c1-15-32-44(10,51)37(48)26(4)34(45-59-30-19-17-16-18-20-30)24(2)22-43(9,53-14)39(58-41-35(47)31(46(11)12)21-25(3)54-41)27(5)36(28(6)40(50)56-32)57-33-23-42(8,52-13)38(49)29(7)55-33/h24-33,35-39,41,47-49,51H,15-23H2,1-14H3/b45-34-/t24-,25?,26+,27+,28-,29?,31?,32-,33?,35?,36+,37-,38?,39-,41?,42?,43-,44-/m1/s1. The van der Waals surface area contributed by atoms with Crippen LogP contribution in [0.5, 0.6) is 0 Å². The summed E-state index contributed by atoms with van der Waals surface area (Å²) in [4.78, 5) is 22.7. The van der Waals surface area contributed by atoms with Crippen molar-refractivity contribution in [1.82, 2.24) is 4.90 Å². The molecule has 15 heteroatoms. The Labute approximate surface area is 353 Å². The molecule has 0 aromatic carbocycles. The van der Waals surface area contributed by atoms with E-state index in [2.05, 4.69) is 0 Å². The second kappa shape index (κ2) is 20.8. The normalized spacial score (nSPS) is 47.1. The Morgan fingerprint density at radius 1 is 0.847 bits per heavy atom. The third kappa shape index (κ3) is 11.4. The highest BCUT2D eigenvalue weighted by Crippen LogP contribution is 2.42.